The number of rotatable bonds is 5. The fourth-order valence-corrected chi connectivity index (χ4v) is 1.87. The van der Waals surface area contributed by atoms with Gasteiger partial charge in [-0.1, -0.05) is 0 Å². The maximum Gasteiger partial charge on any atom is 0.326 e. The third-order valence-corrected chi connectivity index (χ3v) is 2.86. The number of hydrogen-bond donors (Lipinski definition) is 2. The lowest BCUT2D eigenvalue weighted by Crippen LogP contribution is -2.32. The summed E-state index contributed by atoms with van der Waals surface area (Å²) in [7, 11) is 1.57. The van der Waals surface area contributed by atoms with Gasteiger partial charge < -0.3 is 4.90 Å². The zero-order valence-electron chi connectivity index (χ0n) is 11.3. The molecule has 1 aliphatic rings. The summed E-state index contributed by atoms with van der Waals surface area (Å²) in [5.41, 5.74) is 0. The lowest BCUT2D eigenvalue weighted by Gasteiger charge is -2.13. The van der Waals surface area contributed by atoms with Crippen LogP contribution in [0.15, 0.2) is 0 Å². The van der Waals surface area contributed by atoms with Gasteiger partial charge in [-0.15, -0.1) is 5.10 Å². The van der Waals surface area contributed by atoms with E-state index in [-0.39, 0.29) is 43.3 Å². The zero-order chi connectivity index (χ0) is 14.7. The Morgan fingerprint density at radius 1 is 1.45 bits per heavy atom. The maximum atomic E-state index is 11.6. The summed E-state index contributed by atoms with van der Waals surface area (Å²) < 4.78 is 0. The van der Waals surface area contributed by atoms with Gasteiger partial charge >= 0.3 is 6.03 Å². The van der Waals surface area contributed by atoms with Gasteiger partial charge in [0, 0.05) is 20.0 Å². The van der Waals surface area contributed by atoms with E-state index in [1.54, 1.807) is 14.0 Å². The lowest BCUT2D eigenvalue weighted by atomic mass is 10.3. The van der Waals surface area contributed by atoms with E-state index in [1.807, 2.05) is 0 Å². The summed E-state index contributed by atoms with van der Waals surface area (Å²) in [5, 5.41) is 8.92. The first-order valence-corrected chi connectivity index (χ1v) is 6.21. The molecule has 2 heterocycles. The molecule has 2 N–H and O–H groups in total. The van der Waals surface area contributed by atoms with Crippen LogP contribution in [0.3, 0.4) is 0 Å². The van der Waals surface area contributed by atoms with Crippen LogP contribution in [0.2, 0.25) is 0 Å². The topological polar surface area (TPSA) is 111 Å². The average molecular weight is 280 g/mol. The van der Waals surface area contributed by atoms with E-state index in [4.69, 9.17) is 0 Å². The highest BCUT2D eigenvalue weighted by Crippen LogP contribution is 2.09. The van der Waals surface area contributed by atoms with Crippen LogP contribution in [0.5, 0.6) is 0 Å². The smallest absolute Gasteiger partial charge is 0.318 e. The normalized spacial score (nSPS) is 15.1. The minimum Gasteiger partial charge on any atom is -0.318 e. The molecule has 2 rings (SSSR count). The van der Waals surface area contributed by atoms with Gasteiger partial charge in [-0.3, -0.25) is 24.9 Å². The molecule has 0 unspecified atom stereocenters. The second-order valence-corrected chi connectivity index (χ2v) is 4.58. The molecule has 0 bridgehead atoms. The van der Waals surface area contributed by atoms with Gasteiger partial charge in [-0.25, -0.2) is 4.79 Å². The predicted octanol–water partition coefficient (Wildman–Crippen LogP) is -0.274. The van der Waals surface area contributed by atoms with Crippen LogP contribution < -0.4 is 5.32 Å². The number of H-pyrrole nitrogens is 1. The number of hydrogen-bond acceptors (Lipinski definition) is 5. The van der Waals surface area contributed by atoms with Gasteiger partial charge in [0.05, 0.1) is 0 Å². The van der Waals surface area contributed by atoms with Gasteiger partial charge in [0.2, 0.25) is 17.8 Å². The van der Waals surface area contributed by atoms with Gasteiger partial charge in [-0.05, 0) is 13.3 Å². The quantitative estimate of drug-likeness (QED) is 0.721. The maximum absolute atomic E-state index is 11.6. The Balaban J connectivity index is 1.74. The van der Waals surface area contributed by atoms with E-state index < -0.39 is 0 Å². The molecule has 0 aromatic carbocycles. The Morgan fingerprint density at radius 2 is 2.20 bits per heavy atom. The van der Waals surface area contributed by atoms with Gasteiger partial charge in [0.15, 0.2) is 0 Å². The van der Waals surface area contributed by atoms with Crippen LogP contribution in [0.4, 0.5) is 10.7 Å². The molecule has 0 aliphatic carbocycles. The first kappa shape index (κ1) is 14.0. The molecule has 9 nitrogen and oxygen atoms in total. The second kappa shape index (κ2) is 5.68. The van der Waals surface area contributed by atoms with Crippen LogP contribution in [0.25, 0.3) is 0 Å². The van der Waals surface area contributed by atoms with E-state index in [9.17, 15) is 14.4 Å². The first-order valence-electron chi connectivity index (χ1n) is 6.21. The molecule has 9 heteroatoms. The number of aromatic nitrogens is 3. The minimum atomic E-state index is -0.319. The summed E-state index contributed by atoms with van der Waals surface area (Å²) in [6.07, 6.45) is 0.592. The Kier molecular flexibility index (Phi) is 3.97. The third kappa shape index (κ3) is 3.11. The minimum absolute atomic E-state index is 0.0987. The molecule has 1 aliphatic heterocycles. The number of aromatic amines is 1. The molecule has 1 fully saturated rings. The number of likely N-dealkylation sites (N-methyl/N-ethyl adjacent to an activating group) is 1. The van der Waals surface area contributed by atoms with Crippen LogP contribution in [-0.2, 0) is 9.59 Å². The zero-order valence-corrected chi connectivity index (χ0v) is 11.3. The Morgan fingerprint density at radius 3 is 2.75 bits per heavy atom. The number of carbonyl (C=O) groups is 3. The molecule has 20 heavy (non-hydrogen) atoms. The Hall–Kier alpha value is -2.45. The highest BCUT2D eigenvalue weighted by molar-refractivity contribution is 6.01. The summed E-state index contributed by atoms with van der Waals surface area (Å²) >= 11 is 0. The molecule has 0 spiro atoms. The number of nitrogens with one attached hydrogen (secondary N) is 2. The van der Waals surface area contributed by atoms with Gasteiger partial charge in [0.1, 0.15) is 12.4 Å². The third-order valence-electron chi connectivity index (χ3n) is 2.86. The number of amides is 4. The van der Waals surface area contributed by atoms with Crippen molar-refractivity contribution in [2.24, 2.45) is 0 Å². The summed E-state index contributed by atoms with van der Waals surface area (Å²) in [6, 6.07) is -0.319. The van der Waals surface area contributed by atoms with Crippen molar-refractivity contribution >= 4 is 23.8 Å². The highest BCUT2D eigenvalue weighted by atomic mass is 16.2. The highest BCUT2D eigenvalue weighted by Gasteiger charge is 2.32. The van der Waals surface area contributed by atoms with Crippen molar-refractivity contribution in [2.45, 2.75) is 19.8 Å². The van der Waals surface area contributed by atoms with E-state index in [0.717, 1.165) is 4.90 Å². The number of imide groups is 1. The second-order valence-electron chi connectivity index (χ2n) is 4.58. The molecule has 4 amide bonds. The summed E-state index contributed by atoms with van der Waals surface area (Å²) in [5.74, 6) is 0.344. The van der Waals surface area contributed by atoms with Gasteiger partial charge in [0.25, 0.3) is 0 Å². The van der Waals surface area contributed by atoms with Gasteiger partial charge in [-0.2, -0.15) is 4.98 Å². The lowest BCUT2D eigenvalue weighted by molar-refractivity contribution is -0.125. The molecule has 108 valence electrons. The number of urea groups is 1. The number of nitrogens with zero attached hydrogens (tertiary/aromatic N) is 4. The molecule has 1 aromatic rings. The van der Waals surface area contributed by atoms with E-state index in [1.165, 1.54) is 4.90 Å². The van der Waals surface area contributed by atoms with Crippen LogP contribution in [-0.4, -0.2) is 63.0 Å². The Labute approximate surface area is 115 Å². The number of anilines is 1. The molecule has 1 saturated heterocycles. The fraction of sp³-hybridized carbons (Fsp3) is 0.545. The average Bonchev–Trinajstić information content (AvgIpc) is 2.88. The van der Waals surface area contributed by atoms with E-state index in [2.05, 4.69) is 20.5 Å². The fourth-order valence-electron chi connectivity index (χ4n) is 1.87. The number of carbonyl (C=O) groups excluding carboxylic acids is 3. The van der Waals surface area contributed by atoms with Crippen molar-refractivity contribution in [1.29, 1.82) is 0 Å². The molecular weight excluding hydrogens is 264 g/mol. The molecule has 1 aromatic heterocycles. The molecular formula is C11H16N6O3. The van der Waals surface area contributed by atoms with Crippen LogP contribution in [0.1, 0.15) is 18.7 Å². The van der Waals surface area contributed by atoms with Crippen LogP contribution >= 0.6 is 0 Å². The van der Waals surface area contributed by atoms with Crippen molar-refractivity contribution in [3.05, 3.63) is 5.82 Å². The molecule has 0 radical (unpaired) electrons. The predicted molar refractivity (Wildman–Crippen MR) is 68.7 cm³/mol. The number of aryl methyl sites for hydroxylation is 1. The van der Waals surface area contributed by atoms with Crippen molar-refractivity contribution in [3.63, 3.8) is 0 Å². The van der Waals surface area contributed by atoms with E-state index in [0.29, 0.717) is 12.2 Å². The van der Waals surface area contributed by atoms with Crippen molar-refractivity contribution in [3.8, 4) is 0 Å². The largest absolute Gasteiger partial charge is 0.326 e. The first-order chi connectivity index (χ1) is 9.47. The standard InChI is InChI=1S/C11H16N6O3/c1-7-12-10(15-14-7)13-8(18)4-3-5-17-9(19)6-16(2)11(17)20/h3-6H2,1-2H3,(H2,12,13,14,15,18). The monoisotopic (exact) mass is 280 g/mol. The summed E-state index contributed by atoms with van der Waals surface area (Å²) in [4.78, 5) is 41.2. The van der Waals surface area contributed by atoms with E-state index >= 15 is 0 Å². The molecule has 0 atom stereocenters. The van der Waals surface area contributed by atoms with Crippen molar-refractivity contribution in [2.75, 3.05) is 25.5 Å². The van der Waals surface area contributed by atoms with Crippen LogP contribution in [0, 0.1) is 6.92 Å². The SMILES string of the molecule is Cc1nc(NC(=O)CCCN2C(=O)CN(C)C2=O)n[nH]1. The van der Waals surface area contributed by atoms with Crippen molar-refractivity contribution < 1.29 is 14.4 Å². The molecule has 0 saturated carbocycles. The Bertz CT molecular complexity index is 540. The van der Waals surface area contributed by atoms with Crippen molar-refractivity contribution in [1.82, 2.24) is 25.0 Å². The summed E-state index contributed by atoms with van der Waals surface area (Å²) in [6.45, 7) is 2.06.